The van der Waals surface area contributed by atoms with Gasteiger partial charge in [-0.05, 0) is 33.1 Å². The molecule has 0 saturated heterocycles. The first-order valence-electron chi connectivity index (χ1n) is 4.68. The first kappa shape index (κ1) is 10.8. The Balaban J connectivity index is 2.48. The number of non-ortho nitro benzene ring substituents is 1. The highest BCUT2D eigenvalue weighted by Crippen LogP contribution is 2.30. The summed E-state index contributed by atoms with van der Waals surface area (Å²) in [6.07, 6.45) is 0. The normalized spacial score (nSPS) is 10.1. The number of benzene rings is 2. The van der Waals surface area contributed by atoms with E-state index in [0.29, 0.717) is 0 Å². The predicted molar refractivity (Wildman–Crippen MR) is 66.2 cm³/mol. The lowest BCUT2D eigenvalue weighted by atomic mass is 10.1. The fourth-order valence-corrected chi connectivity index (χ4v) is 2.07. The molecule has 0 aliphatic carbocycles. The van der Waals surface area contributed by atoms with Crippen molar-refractivity contribution < 1.29 is 4.92 Å². The molecule has 0 aromatic heterocycles. The minimum Gasteiger partial charge on any atom is -0.258 e. The second-order valence-electron chi connectivity index (χ2n) is 3.29. The van der Waals surface area contributed by atoms with Gasteiger partial charge >= 0.3 is 0 Å². The minimum absolute atomic E-state index is 0.0894. The standard InChI is InChI=1S/C12H8BrNO2/c13-12-8-10(14(15)16)6-7-11(12)9-4-2-1-3-5-9/h1-8H. The molecule has 0 radical (unpaired) electrons. The van der Waals surface area contributed by atoms with Crippen LogP contribution in [0, 0.1) is 10.1 Å². The Bertz CT molecular complexity index is 526. The van der Waals surface area contributed by atoms with Gasteiger partial charge in [0.05, 0.1) is 4.92 Å². The van der Waals surface area contributed by atoms with Crippen LogP contribution in [0.2, 0.25) is 0 Å². The molecule has 0 aliphatic rings. The summed E-state index contributed by atoms with van der Waals surface area (Å²) < 4.78 is 0.730. The Morgan fingerprint density at radius 1 is 1.06 bits per heavy atom. The van der Waals surface area contributed by atoms with Crippen LogP contribution in [0.15, 0.2) is 53.0 Å². The number of hydrogen-bond acceptors (Lipinski definition) is 2. The maximum Gasteiger partial charge on any atom is 0.270 e. The van der Waals surface area contributed by atoms with Gasteiger partial charge in [0.2, 0.25) is 0 Å². The molecule has 4 heteroatoms. The molecule has 2 aromatic carbocycles. The van der Waals surface area contributed by atoms with E-state index in [9.17, 15) is 10.1 Å². The van der Waals surface area contributed by atoms with E-state index in [1.54, 1.807) is 6.07 Å². The number of nitrogens with zero attached hydrogens (tertiary/aromatic N) is 1. The van der Waals surface area contributed by atoms with Crippen molar-refractivity contribution in [2.75, 3.05) is 0 Å². The Labute approximate surface area is 101 Å². The maximum atomic E-state index is 10.6. The summed E-state index contributed by atoms with van der Waals surface area (Å²) in [6.45, 7) is 0. The van der Waals surface area contributed by atoms with E-state index >= 15 is 0 Å². The third-order valence-electron chi connectivity index (χ3n) is 2.25. The van der Waals surface area contributed by atoms with Crippen LogP contribution < -0.4 is 0 Å². The van der Waals surface area contributed by atoms with Gasteiger partial charge in [0.25, 0.3) is 5.69 Å². The van der Waals surface area contributed by atoms with Gasteiger partial charge in [-0.25, -0.2) is 0 Å². The summed E-state index contributed by atoms with van der Waals surface area (Å²) in [4.78, 5) is 10.2. The fourth-order valence-electron chi connectivity index (χ4n) is 1.47. The molecule has 0 unspecified atom stereocenters. The van der Waals surface area contributed by atoms with Crippen molar-refractivity contribution in [2.24, 2.45) is 0 Å². The first-order valence-corrected chi connectivity index (χ1v) is 5.47. The molecule has 0 bridgehead atoms. The summed E-state index contributed by atoms with van der Waals surface area (Å²) in [5, 5.41) is 10.6. The molecule has 2 rings (SSSR count). The molecule has 0 aliphatic heterocycles. The fraction of sp³-hybridized carbons (Fsp3) is 0. The van der Waals surface area contributed by atoms with Gasteiger partial charge in [-0.15, -0.1) is 0 Å². The molecule has 0 amide bonds. The molecule has 2 aromatic rings. The van der Waals surface area contributed by atoms with E-state index < -0.39 is 4.92 Å². The average Bonchev–Trinajstić information content (AvgIpc) is 2.30. The van der Waals surface area contributed by atoms with Crippen molar-refractivity contribution in [1.82, 2.24) is 0 Å². The topological polar surface area (TPSA) is 43.1 Å². The van der Waals surface area contributed by atoms with Crippen LogP contribution in [-0.2, 0) is 0 Å². The van der Waals surface area contributed by atoms with Gasteiger partial charge < -0.3 is 0 Å². The number of hydrogen-bond donors (Lipinski definition) is 0. The van der Waals surface area contributed by atoms with Crippen LogP contribution in [0.3, 0.4) is 0 Å². The molecular formula is C12H8BrNO2. The summed E-state index contributed by atoms with van der Waals surface area (Å²) in [5.41, 5.74) is 2.07. The highest BCUT2D eigenvalue weighted by atomic mass is 79.9. The van der Waals surface area contributed by atoms with Gasteiger partial charge in [0.15, 0.2) is 0 Å². The number of nitro benzene ring substituents is 1. The van der Waals surface area contributed by atoms with Crippen molar-refractivity contribution in [3.8, 4) is 11.1 Å². The minimum atomic E-state index is -0.403. The molecule has 3 nitrogen and oxygen atoms in total. The third-order valence-corrected chi connectivity index (χ3v) is 2.90. The van der Waals surface area contributed by atoms with Crippen LogP contribution >= 0.6 is 15.9 Å². The molecule has 16 heavy (non-hydrogen) atoms. The van der Waals surface area contributed by atoms with Gasteiger partial charge in [0.1, 0.15) is 0 Å². The largest absolute Gasteiger partial charge is 0.270 e. The first-order chi connectivity index (χ1) is 7.68. The Morgan fingerprint density at radius 3 is 2.31 bits per heavy atom. The van der Waals surface area contributed by atoms with Gasteiger partial charge in [-0.3, -0.25) is 10.1 Å². The highest BCUT2D eigenvalue weighted by molar-refractivity contribution is 9.10. The molecule has 0 atom stereocenters. The molecule has 0 N–H and O–H groups in total. The molecule has 0 saturated carbocycles. The lowest BCUT2D eigenvalue weighted by Gasteiger charge is -2.03. The maximum absolute atomic E-state index is 10.6. The van der Waals surface area contributed by atoms with E-state index in [0.717, 1.165) is 15.6 Å². The van der Waals surface area contributed by atoms with E-state index in [4.69, 9.17) is 0 Å². The monoisotopic (exact) mass is 277 g/mol. The SMILES string of the molecule is O=[N+]([O-])c1ccc(-c2ccccc2)c(Br)c1. The molecule has 0 heterocycles. The van der Waals surface area contributed by atoms with Gasteiger partial charge in [0, 0.05) is 16.6 Å². The third kappa shape index (κ3) is 2.12. The zero-order valence-corrected chi connectivity index (χ0v) is 9.85. The second kappa shape index (κ2) is 4.45. The summed E-state index contributed by atoms with van der Waals surface area (Å²) in [7, 11) is 0. The van der Waals surface area contributed by atoms with Crippen LogP contribution in [0.1, 0.15) is 0 Å². The average molecular weight is 278 g/mol. The van der Waals surface area contributed by atoms with E-state index in [1.165, 1.54) is 12.1 Å². The zero-order valence-electron chi connectivity index (χ0n) is 8.26. The van der Waals surface area contributed by atoms with Crippen LogP contribution in [0.5, 0.6) is 0 Å². The van der Waals surface area contributed by atoms with Gasteiger partial charge in [-0.1, -0.05) is 30.3 Å². The van der Waals surface area contributed by atoms with Crippen molar-refractivity contribution in [3.05, 3.63) is 63.1 Å². The van der Waals surface area contributed by atoms with Crippen molar-refractivity contribution >= 4 is 21.6 Å². The Morgan fingerprint density at radius 2 is 1.75 bits per heavy atom. The van der Waals surface area contributed by atoms with Crippen molar-refractivity contribution in [2.45, 2.75) is 0 Å². The lowest BCUT2D eigenvalue weighted by Crippen LogP contribution is -1.88. The van der Waals surface area contributed by atoms with Crippen LogP contribution in [0.25, 0.3) is 11.1 Å². The summed E-state index contributed by atoms with van der Waals surface area (Å²) in [6, 6.07) is 14.5. The molecule has 0 fully saturated rings. The van der Waals surface area contributed by atoms with Crippen LogP contribution in [-0.4, -0.2) is 4.92 Å². The number of halogens is 1. The number of rotatable bonds is 2. The second-order valence-corrected chi connectivity index (χ2v) is 4.14. The van der Waals surface area contributed by atoms with Crippen molar-refractivity contribution in [3.63, 3.8) is 0 Å². The predicted octanol–water partition coefficient (Wildman–Crippen LogP) is 4.02. The van der Waals surface area contributed by atoms with Crippen LogP contribution in [0.4, 0.5) is 5.69 Å². The zero-order chi connectivity index (χ0) is 11.5. The van der Waals surface area contributed by atoms with E-state index in [-0.39, 0.29) is 5.69 Å². The van der Waals surface area contributed by atoms with Gasteiger partial charge in [-0.2, -0.15) is 0 Å². The quantitative estimate of drug-likeness (QED) is 0.615. The lowest BCUT2D eigenvalue weighted by molar-refractivity contribution is -0.384. The van der Waals surface area contributed by atoms with Crippen molar-refractivity contribution in [1.29, 1.82) is 0 Å². The number of nitro groups is 1. The summed E-state index contributed by atoms with van der Waals surface area (Å²) in [5.74, 6) is 0. The van der Waals surface area contributed by atoms with E-state index in [2.05, 4.69) is 15.9 Å². The van der Waals surface area contributed by atoms with E-state index in [1.807, 2.05) is 30.3 Å². The molecular weight excluding hydrogens is 270 g/mol. The molecule has 0 spiro atoms. The highest BCUT2D eigenvalue weighted by Gasteiger charge is 2.09. The summed E-state index contributed by atoms with van der Waals surface area (Å²) >= 11 is 3.35. The Hall–Kier alpha value is -1.68. The smallest absolute Gasteiger partial charge is 0.258 e. The molecule has 80 valence electrons. The Kier molecular flexibility index (Phi) is 3.01.